The fraction of sp³-hybridized carbons (Fsp3) is 0.769. The Morgan fingerprint density at radius 2 is 2.06 bits per heavy atom. The number of nitrogens with zero attached hydrogens (tertiary/aromatic N) is 3. The summed E-state index contributed by atoms with van der Waals surface area (Å²) in [5, 5.41) is 4.36. The number of hydrogen-bond donors (Lipinski definition) is 1. The van der Waals surface area contributed by atoms with Crippen LogP contribution in [-0.2, 0) is 0 Å². The van der Waals surface area contributed by atoms with E-state index >= 15 is 0 Å². The first-order valence-electron chi connectivity index (χ1n) is 6.31. The van der Waals surface area contributed by atoms with E-state index in [2.05, 4.69) is 51.8 Å². The summed E-state index contributed by atoms with van der Waals surface area (Å²) in [5.41, 5.74) is 7.53. The van der Waals surface area contributed by atoms with Gasteiger partial charge in [0, 0.05) is 17.8 Å². The van der Waals surface area contributed by atoms with Crippen LogP contribution in [0.4, 0.5) is 0 Å². The highest BCUT2D eigenvalue weighted by atomic mass is 15.3. The number of rotatable bonds is 5. The van der Waals surface area contributed by atoms with Crippen LogP contribution in [0, 0.1) is 0 Å². The fourth-order valence-corrected chi connectivity index (χ4v) is 2.14. The van der Waals surface area contributed by atoms with E-state index in [1.54, 1.807) is 0 Å². The topological polar surface area (TPSA) is 47.1 Å². The van der Waals surface area contributed by atoms with E-state index in [1.807, 2.05) is 16.9 Å². The monoisotopic (exact) mass is 238 g/mol. The van der Waals surface area contributed by atoms with Crippen molar-refractivity contribution < 1.29 is 0 Å². The summed E-state index contributed by atoms with van der Waals surface area (Å²) in [6.07, 6.45) is 2.84. The van der Waals surface area contributed by atoms with E-state index in [-0.39, 0.29) is 11.6 Å². The Balaban J connectivity index is 3.10. The van der Waals surface area contributed by atoms with E-state index in [0.717, 1.165) is 12.1 Å². The summed E-state index contributed by atoms with van der Waals surface area (Å²) < 4.78 is 2.02. The van der Waals surface area contributed by atoms with Gasteiger partial charge >= 0.3 is 0 Å². The Kier molecular flexibility index (Phi) is 4.33. The fourth-order valence-electron chi connectivity index (χ4n) is 2.14. The smallest absolute Gasteiger partial charge is 0.0651 e. The Morgan fingerprint density at radius 3 is 2.47 bits per heavy atom. The van der Waals surface area contributed by atoms with Crippen LogP contribution in [0.25, 0.3) is 0 Å². The molecule has 0 amide bonds. The first kappa shape index (κ1) is 14.2. The third-order valence-electron chi connectivity index (χ3n) is 3.92. The Hall–Kier alpha value is -0.870. The summed E-state index contributed by atoms with van der Waals surface area (Å²) in [4.78, 5) is 2.20. The molecule has 98 valence electrons. The molecule has 2 atom stereocenters. The van der Waals surface area contributed by atoms with Crippen molar-refractivity contribution in [2.45, 2.75) is 51.7 Å². The SMILES string of the molecule is CCC(C)(C(N)c1ccnn1C(C)C)N(C)C. The standard InChI is InChI=1S/C13H26N4/c1-7-13(4,16(5)6)12(14)11-8-9-15-17(11)10(2)3/h8-10,12H,7,14H2,1-6H3. The van der Waals surface area contributed by atoms with Crippen molar-refractivity contribution in [2.75, 3.05) is 14.1 Å². The highest BCUT2D eigenvalue weighted by Crippen LogP contribution is 2.31. The lowest BCUT2D eigenvalue weighted by molar-refractivity contribution is 0.127. The molecule has 0 aliphatic rings. The van der Waals surface area contributed by atoms with Crippen LogP contribution in [0.2, 0.25) is 0 Å². The van der Waals surface area contributed by atoms with Crippen molar-refractivity contribution in [1.29, 1.82) is 0 Å². The lowest BCUT2D eigenvalue weighted by Gasteiger charge is -2.41. The first-order chi connectivity index (χ1) is 7.84. The van der Waals surface area contributed by atoms with Crippen molar-refractivity contribution >= 4 is 0 Å². The van der Waals surface area contributed by atoms with Crippen molar-refractivity contribution in [3.05, 3.63) is 18.0 Å². The summed E-state index contributed by atoms with van der Waals surface area (Å²) in [7, 11) is 4.17. The Labute approximate surface area is 105 Å². The molecule has 4 heteroatoms. The minimum absolute atomic E-state index is 0.0348. The number of hydrogen-bond acceptors (Lipinski definition) is 3. The quantitative estimate of drug-likeness (QED) is 0.855. The van der Waals surface area contributed by atoms with Gasteiger partial charge in [0.2, 0.25) is 0 Å². The van der Waals surface area contributed by atoms with Crippen LogP contribution in [0.1, 0.15) is 51.9 Å². The maximum Gasteiger partial charge on any atom is 0.0651 e. The minimum Gasteiger partial charge on any atom is -0.321 e. The van der Waals surface area contributed by atoms with Gasteiger partial charge in [-0.2, -0.15) is 5.10 Å². The molecule has 4 nitrogen and oxygen atoms in total. The molecular formula is C13H26N4. The second-order valence-corrected chi connectivity index (χ2v) is 5.38. The molecule has 2 N–H and O–H groups in total. The molecule has 1 heterocycles. The molecule has 0 saturated heterocycles. The lowest BCUT2D eigenvalue weighted by atomic mass is 9.86. The molecule has 0 aromatic carbocycles. The van der Waals surface area contributed by atoms with E-state index in [0.29, 0.717) is 6.04 Å². The molecule has 1 aromatic rings. The number of likely N-dealkylation sites (N-methyl/N-ethyl adjacent to an activating group) is 1. The molecule has 1 aromatic heterocycles. The molecule has 1 rings (SSSR count). The summed E-state index contributed by atoms with van der Waals surface area (Å²) in [6.45, 7) is 8.63. The molecule has 0 radical (unpaired) electrons. The van der Waals surface area contributed by atoms with Gasteiger partial charge in [-0.15, -0.1) is 0 Å². The Bertz CT molecular complexity index is 356. The van der Waals surface area contributed by atoms with Crippen LogP contribution in [-0.4, -0.2) is 34.3 Å². The normalized spacial score (nSPS) is 17.5. The third-order valence-corrected chi connectivity index (χ3v) is 3.92. The molecular weight excluding hydrogens is 212 g/mol. The number of nitrogens with two attached hydrogens (primary N) is 1. The van der Waals surface area contributed by atoms with Gasteiger partial charge in [0.05, 0.1) is 11.7 Å². The lowest BCUT2D eigenvalue weighted by Crippen LogP contribution is -2.50. The maximum absolute atomic E-state index is 6.47. The van der Waals surface area contributed by atoms with Gasteiger partial charge in [-0.25, -0.2) is 0 Å². The predicted octanol–water partition coefficient (Wildman–Crippen LogP) is 2.19. The first-order valence-corrected chi connectivity index (χ1v) is 6.31. The van der Waals surface area contributed by atoms with Gasteiger partial charge in [-0.3, -0.25) is 4.68 Å². The highest BCUT2D eigenvalue weighted by Gasteiger charge is 2.35. The van der Waals surface area contributed by atoms with Gasteiger partial charge in [0.15, 0.2) is 0 Å². The highest BCUT2D eigenvalue weighted by molar-refractivity contribution is 5.14. The summed E-state index contributed by atoms with van der Waals surface area (Å²) in [5.74, 6) is 0. The van der Waals surface area contributed by atoms with Crippen LogP contribution in [0.5, 0.6) is 0 Å². The second kappa shape index (κ2) is 5.19. The molecule has 0 bridgehead atoms. The van der Waals surface area contributed by atoms with Crippen molar-refractivity contribution in [3.8, 4) is 0 Å². The van der Waals surface area contributed by atoms with E-state index in [4.69, 9.17) is 5.73 Å². The van der Waals surface area contributed by atoms with E-state index in [9.17, 15) is 0 Å². The van der Waals surface area contributed by atoms with Crippen LogP contribution in [0.3, 0.4) is 0 Å². The molecule has 17 heavy (non-hydrogen) atoms. The van der Waals surface area contributed by atoms with Crippen LogP contribution >= 0.6 is 0 Å². The van der Waals surface area contributed by atoms with Crippen molar-refractivity contribution in [1.82, 2.24) is 14.7 Å². The molecule has 2 unspecified atom stereocenters. The van der Waals surface area contributed by atoms with E-state index < -0.39 is 0 Å². The zero-order valence-corrected chi connectivity index (χ0v) is 11.9. The molecule has 0 saturated carbocycles. The molecule has 0 aliphatic heterocycles. The minimum atomic E-state index is -0.0489. The van der Waals surface area contributed by atoms with Gasteiger partial charge in [-0.1, -0.05) is 6.92 Å². The van der Waals surface area contributed by atoms with Gasteiger partial charge in [0.25, 0.3) is 0 Å². The average Bonchev–Trinajstić information content (AvgIpc) is 2.75. The molecule has 0 fully saturated rings. The summed E-state index contributed by atoms with van der Waals surface area (Å²) in [6, 6.07) is 2.34. The number of aromatic nitrogens is 2. The van der Waals surface area contributed by atoms with Crippen molar-refractivity contribution in [3.63, 3.8) is 0 Å². The molecule has 0 aliphatic carbocycles. The summed E-state index contributed by atoms with van der Waals surface area (Å²) >= 11 is 0. The second-order valence-electron chi connectivity index (χ2n) is 5.38. The van der Waals surface area contributed by atoms with Gasteiger partial charge in [0.1, 0.15) is 0 Å². The molecule has 0 spiro atoms. The predicted molar refractivity (Wildman–Crippen MR) is 71.9 cm³/mol. The van der Waals surface area contributed by atoms with Crippen LogP contribution < -0.4 is 5.73 Å². The average molecular weight is 238 g/mol. The third kappa shape index (κ3) is 2.53. The van der Waals surface area contributed by atoms with Gasteiger partial charge in [-0.05, 0) is 47.4 Å². The largest absolute Gasteiger partial charge is 0.321 e. The maximum atomic E-state index is 6.47. The zero-order chi connectivity index (χ0) is 13.2. The Morgan fingerprint density at radius 1 is 1.47 bits per heavy atom. The van der Waals surface area contributed by atoms with Crippen LogP contribution in [0.15, 0.2) is 12.3 Å². The van der Waals surface area contributed by atoms with Crippen molar-refractivity contribution in [2.24, 2.45) is 5.73 Å². The zero-order valence-electron chi connectivity index (χ0n) is 11.9. The van der Waals surface area contributed by atoms with Gasteiger partial charge < -0.3 is 10.6 Å². The van der Waals surface area contributed by atoms with E-state index in [1.165, 1.54) is 0 Å².